The molecule has 0 unspecified atom stereocenters. The van der Waals surface area contributed by atoms with Crippen LogP contribution in [0.5, 0.6) is 0 Å². The Kier molecular flexibility index (Phi) is 5.32. The summed E-state index contributed by atoms with van der Waals surface area (Å²) >= 11 is 10.8. The summed E-state index contributed by atoms with van der Waals surface area (Å²) in [5.41, 5.74) is 0.729. The molecule has 0 aromatic heterocycles. The Labute approximate surface area is 143 Å². The molecule has 0 aliphatic carbocycles. The average Bonchev–Trinajstić information content (AvgIpc) is 2.46. The van der Waals surface area contributed by atoms with E-state index >= 15 is 0 Å². The lowest BCUT2D eigenvalue weighted by Crippen LogP contribution is -2.34. The zero-order valence-corrected chi connectivity index (χ0v) is 14.0. The second-order valence-electron chi connectivity index (χ2n) is 4.49. The Hall–Kier alpha value is -2.00. The van der Waals surface area contributed by atoms with E-state index in [1.807, 2.05) is 0 Å². The highest BCUT2D eigenvalue weighted by Crippen LogP contribution is 2.14. The van der Waals surface area contributed by atoms with Gasteiger partial charge in [0.25, 0.3) is 5.91 Å². The van der Waals surface area contributed by atoms with Crippen LogP contribution in [0.1, 0.15) is 10.4 Å². The van der Waals surface area contributed by atoms with Gasteiger partial charge in [-0.15, -0.1) is 0 Å². The van der Waals surface area contributed by atoms with Crippen LogP contribution in [0.15, 0.2) is 53.4 Å². The smallest absolute Gasteiger partial charge is 0.257 e. The van der Waals surface area contributed by atoms with Gasteiger partial charge in [-0.2, -0.15) is 0 Å². The number of carbonyl (C=O) groups is 1. The van der Waals surface area contributed by atoms with Crippen molar-refractivity contribution in [1.29, 1.82) is 0 Å². The second kappa shape index (κ2) is 7.05. The van der Waals surface area contributed by atoms with Crippen molar-refractivity contribution in [3.8, 4) is 0 Å². The summed E-state index contributed by atoms with van der Waals surface area (Å²) in [5.74, 6) is -0.437. The van der Waals surface area contributed by atoms with Gasteiger partial charge in [0.15, 0.2) is 5.11 Å². The molecule has 0 spiro atoms. The second-order valence-corrected chi connectivity index (χ2v) is 6.90. The number of thiocarbonyl (C=S) groups is 1. The predicted octanol–water partition coefficient (Wildman–Crippen LogP) is 2.11. The third kappa shape index (κ3) is 5.00. The average molecular weight is 370 g/mol. The number of primary sulfonamides is 1. The van der Waals surface area contributed by atoms with Gasteiger partial charge in [-0.1, -0.05) is 23.7 Å². The SMILES string of the molecule is NS(=O)(=O)c1cccc(NC(=S)NC(=O)c2cccc(Cl)c2)c1. The fraction of sp³-hybridized carbons (Fsp3) is 0. The molecule has 0 heterocycles. The highest BCUT2D eigenvalue weighted by Gasteiger charge is 2.11. The number of hydrogen-bond acceptors (Lipinski definition) is 4. The van der Waals surface area contributed by atoms with Crippen molar-refractivity contribution in [2.75, 3.05) is 5.32 Å². The minimum Gasteiger partial charge on any atom is -0.332 e. The Morgan fingerprint density at radius 2 is 1.83 bits per heavy atom. The van der Waals surface area contributed by atoms with Crippen molar-refractivity contribution in [1.82, 2.24) is 5.32 Å². The van der Waals surface area contributed by atoms with Crippen LogP contribution in [0.2, 0.25) is 5.02 Å². The molecule has 9 heteroatoms. The van der Waals surface area contributed by atoms with E-state index in [9.17, 15) is 13.2 Å². The molecule has 0 saturated carbocycles. The first-order chi connectivity index (χ1) is 10.8. The Balaban J connectivity index is 2.07. The fourth-order valence-corrected chi connectivity index (χ4v) is 2.68. The van der Waals surface area contributed by atoms with E-state index < -0.39 is 15.9 Å². The molecule has 0 aliphatic heterocycles. The number of amides is 1. The van der Waals surface area contributed by atoms with Crippen molar-refractivity contribution in [3.05, 3.63) is 59.1 Å². The van der Waals surface area contributed by atoms with E-state index in [0.717, 1.165) is 0 Å². The summed E-state index contributed by atoms with van der Waals surface area (Å²) in [6, 6.07) is 12.1. The van der Waals surface area contributed by atoms with Gasteiger partial charge in [-0.3, -0.25) is 10.1 Å². The van der Waals surface area contributed by atoms with E-state index in [2.05, 4.69) is 10.6 Å². The zero-order chi connectivity index (χ0) is 17.0. The van der Waals surface area contributed by atoms with Gasteiger partial charge in [0.1, 0.15) is 0 Å². The van der Waals surface area contributed by atoms with Crippen molar-refractivity contribution in [2.45, 2.75) is 4.90 Å². The van der Waals surface area contributed by atoms with Gasteiger partial charge in [-0.05, 0) is 48.6 Å². The highest BCUT2D eigenvalue weighted by atomic mass is 35.5. The molecule has 1 amide bonds. The number of sulfonamides is 1. The zero-order valence-electron chi connectivity index (χ0n) is 11.6. The van der Waals surface area contributed by atoms with Crippen LogP contribution in [0.25, 0.3) is 0 Å². The normalized spacial score (nSPS) is 10.9. The Morgan fingerprint density at radius 1 is 1.13 bits per heavy atom. The molecule has 2 aromatic rings. The number of halogens is 1. The summed E-state index contributed by atoms with van der Waals surface area (Å²) in [7, 11) is -3.82. The maximum atomic E-state index is 12.0. The maximum Gasteiger partial charge on any atom is 0.257 e. The van der Waals surface area contributed by atoms with Crippen molar-refractivity contribution in [3.63, 3.8) is 0 Å². The van der Waals surface area contributed by atoms with Gasteiger partial charge in [0.2, 0.25) is 10.0 Å². The van der Waals surface area contributed by atoms with Crippen LogP contribution in [0, 0.1) is 0 Å². The molecule has 0 fully saturated rings. The van der Waals surface area contributed by atoms with Crippen LogP contribution in [0.4, 0.5) is 5.69 Å². The predicted molar refractivity (Wildman–Crippen MR) is 93.0 cm³/mol. The molecular formula is C14H12ClN3O3S2. The molecule has 0 aliphatic rings. The number of hydrogen-bond donors (Lipinski definition) is 3. The third-order valence-corrected chi connectivity index (χ3v) is 4.08. The largest absolute Gasteiger partial charge is 0.332 e. The van der Waals surface area contributed by atoms with Crippen molar-refractivity contribution < 1.29 is 13.2 Å². The van der Waals surface area contributed by atoms with Crippen LogP contribution < -0.4 is 15.8 Å². The lowest BCUT2D eigenvalue weighted by molar-refractivity contribution is 0.0977. The lowest BCUT2D eigenvalue weighted by Gasteiger charge is -2.10. The van der Waals surface area contributed by atoms with E-state index in [4.69, 9.17) is 29.0 Å². The summed E-state index contributed by atoms with van der Waals surface area (Å²) in [6.07, 6.45) is 0. The lowest BCUT2D eigenvalue weighted by atomic mass is 10.2. The minimum absolute atomic E-state index is 0.0153. The first-order valence-electron chi connectivity index (χ1n) is 6.26. The molecule has 0 radical (unpaired) electrons. The number of carbonyl (C=O) groups excluding carboxylic acids is 1. The quantitative estimate of drug-likeness (QED) is 0.719. The van der Waals surface area contributed by atoms with Gasteiger partial charge in [0.05, 0.1) is 4.90 Å². The van der Waals surface area contributed by atoms with Crippen LogP contribution >= 0.6 is 23.8 Å². The Morgan fingerprint density at radius 3 is 2.48 bits per heavy atom. The summed E-state index contributed by atoms with van der Waals surface area (Å²) in [6.45, 7) is 0. The molecular weight excluding hydrogens is 358 g/mol. The van der Waals surface area contributed by atoms with Crippen LogP contribution in [-0.2, 0) is 10.0 Å². The van der Waals surface area contributed by atoms with Crippen LogP contribution in [0.3, 0.4) is 0 Å². The standard InChI is InChI=1S/C14H12ClN3O3S2/c15-10-4-1-3-9(7-10)13(19)18-14(22)17-11-5-2-6-12(8-11)23(16,20)21/h1-8H,(H2,16,20,21)(H2,17,18,19,22). The number of anilines is 1. The van der Waals surface area contributed by atoms with E-state index in [-0.39, 0.29) is 10.0 Å². The van der Waals surface area contributed by atoms with E-state index in [1.54, 1.807) is 24.3 Å². The topological polar surface area (TPSA) is 101 Å². The van der Waals surface area contributed by atoms with Gasteiger partial charge in [0, 0.05) is 16.3 Å². The number of nitrogens with two attached hydrogens (primary N) is 1. The van der Waals surface area contributed by atoms with Crippen molar-refractivity contribution in [2.24, 2.45) is 5.14 Å². The molecule has 120 valence electrons. The third-order valence-electron chi connectivity index (χ3n) is 2.73. The molecule has 23 heavy (non-hydrogen) atoms. The highest BCUT2D eigenvalue weighted by molar-refractivity contribution is 7.89. The van der Waals surface area contributed by atoms with E-state index in [0.29, 0.717) is 16.3 Å². The van der Waals surface area contributed by atoms with Crippen LogP contribution in [-0.4, -0.2) is 19.4 Å². The molecule has 4 N–H and O–H groups in total. The molecule has 0 atom stereocenters. The maximum absolute atomic E-state index is 12.0. The monoisotopic (exact) mass is 369 g/mol. The number of benzene rings is 2. The van der Waals surface area contributed by atoms with E-state index in [1.165, 1.54) is 24.3 Å². The number of rotatable bonds is 3. The molecule has 2 rings (SSSR count). The molecule has 2 aromatic carbocycles. The molecule has 6 nitrogen and oxygen atoms in total. The number of nitrogens with one attached hydrogen (secondary N) is 2. The summed E-state index contributed by atoms with van der Waals surface area (Å²) in [4.78, 5) is 11.9. The first-order valence-corrected chi connectivity index (χ1v) is 8.60. The molecule has 0 bridgehead atoms. The first kappa shape index (κ1) is 17.4. The van der Waals surface area contributed by atoms with Gasteiger partial charge in [-0.25, -0.2) is 13.6 Å². The van der Waals surface area contributed by atoms with Gasteiger partial charge >= 0.3 is 0 Å². The fourth-order valence-electron chi connectivity index (χ4n) is 1.72. The summed E-state index contributed by atoms with van der Waals surface area (Å²) < 4.78 is 22.6. The molecule has 0 saturated heterocycles. The minimum atomic E-state index is -3.82. The summed E-state index contributed by atoms with van der Waals surface area (Å²) in [5, 5.41) is 10.7. The van der Waals surface area contributed by atoms with Gasteiger partial charge < -0.3 is 5.32 Å². The Bertz CT molecular complexity index is 869. The van der Waals surface area contributed by atoms with Crippen molar-refractivity contribution >= 4 is 50.5 Å².